The molecule has 0 fully saturated rings. The molecule has 0 heterocycles. The summed E-state index contributed by atoms with van der Waals surface area (Å²) in [5.41, 5.74) is 0.341. The van der Waals surface area contributed by atoms with Crippen molar-refractivity contribution in [2.45, 2.75) is 72.6 Å². The van der Waals surface area contributed by atoms with Crippen molar-refractivity contribution >= 4 is 30.3 Å². The van der Waals surface area contributed by atoms with E-state index in [4.69, 9.17) is 9.47 Å². The molecular formula is C20H36O4Sn. The Morgan fingerprint density at radius 3 is 1.52 bits per heavy atom. The average molecular weight is 459 g/mol. The van der Waals surface area contributed by atoms with E-state index >= 15 is 0 Å². The predicted molar refractivity (Wildman–Crippen MR) is 106 cm³/mol. The first-order valence-corrected chi connectivity index (χ1v) is 17.0. The molecule has 0 aromatic heterocycles. The van der Waals surface area contributed by atoms with Crippen LogP contribution in [0.4, 0.5) is 0 Å². The topological polar surface area (TPSA) is 52.6 Å². The first-order chi connectivity index (χ1) is 12.0. The normalized spacial score (nSPS) is 12.4. The summed E-state index contributed by atoms with van der Waals surface area (Å²) in [4.78, 5) is 25.1. The molecule has 0 rings (SSSR count). The Morgan fingerprint density at radius 1 is 0.840 bits per heavy atom. The van der Waals surface area contributed by atoms with E-state index < -0.39 is 24.3 Å². The van der Waals surface area contributed by atoms with E-state index in [0.717, 1.165) is 51.8 Å². The van der Waals surface area contributed by atoms with Crippen molar-refractivity contribution in [3.8, 4) is 0 Å². The molecular weight excluding hydrogens is 423 g/mol. The molecule has 0 bridgehead atoms. The Kier molecular flexibility index (Phi) is 13.0. The van der Waals surface area contributed by atoms with Crippen LogP contribution in [0.15, 0.2) is 21.8 Å². The zero-order valence-electron chi connectivity index (χ0n) is 16.8. The Labute approximate surface area is 157 Å². The Bertz CT molecular complexity index is 447. The van der Waals surface area contributed by atoms with Crippen molar-refractivity contribution in [1.82, 2.24) is 0 Å². The molecule has 5 heteroatoms. The number of esters is 2. The third kappa shape index (κ3) is 7.16. The average Bonchev–Trinajstić information content (AvgIpc) is 2.64. The number of carbonyl (C=O) groups is 2. The van der Waals surface area contributed by atoms with Gasteiger partial charge in [0.1, 0.15) is 0 Å². The van der Waals surface area contributed by atoms with Gasteiger partial charge in [0.25, 0.3) is 0 Å². The van der Waals surface area contributed by atoms with Crippen LogP contribution in [0.25, 0.3) is 0 Å². The second-order valence-electron chi connectivity index (χ2n) is 6.57. The molecule has 0 spiro atoms. The van der Waals surface area contributed by atoms with Gasteiger partial charge in [0.05, 0.1) is 0 Å². The van der Waals surface area contributed by atoms with E-state index in [2.05, 4.69) is 27.4 Å². The van der Waals surface area contributed by atoms with Crippen LogP contribution in [-0.4, -0.2) is 44.5 Å². The standard InChI is InChI=1S/C8H9O4.3C4H9.Sn/c1-4-6(8(10)12-3)5-7(9)11-2;3*1-3-4-2;/h4H,1H2,2-3H3;3*1,3-4H2,2H3;. The van der Waals surface area contributed by atoms with Gasteiger partial charge in [-0.3, -0.25) is 0 Å². The predicted octanol–water partition coefficient (Wildman–Crippen LogP) is 5.20. The number of hydrogen-bond acceptors (Lipinski definition) is 4. The molecule has 0 amide bonds. The first-order valence-electron chi connectivity index (χ1n) is 9.51. The van der Waals surface area contributed by atoms with Gasteiger partial charge in [0.2, 0.25) is 0 Å². The van der Waals surface area contributed by atoms with Gasteiger partial charge < -0.3 is 0 Å². The SMILES string of the molecule is C=C/C(C(=O)OC)=[C](/C(=O)OC)[Sn]([CH2]CCC)([CH2]CCC)[CH2]CCC. The molecule has 0 aliphatic heterocycles. The maximum atomic E-state index is 12.8. The summed E-state index contributed by atoms with van der Waals surface area (Å²) in [5.74, 6) is -0.819. The van der Waals surface area contributed by atoms with Gasteiger partial charge >= 0.3 is 158 Å². The summed E-state index contributed by atoms with van der Waals surface area (Å²) in [6.45, 7) is 10.3. The van der Waals surface area contributed by atoms with Crippen molar-refractivity contribution in [1.29, 1.82) is 0 Å². The Hall–Kier alpha value is -0.781. The van der Waals surface area contributed by atoms with Crippen LogP contribution in [0, 0.1) is 0 Å². The van der Waals surface area contributed by atoms with E-state index in [0.29, 0.717) is 9.16 Å². The summed E-state index contributed by atoms with van der Waals surface area (Å²) < 4.78 is 14.0. The summed E-state index contributed by atoms with van der Waals surface area (Å²) in [6.07, 6.45) is 8.04. The fourth-order valence-corrected chi connectivity index (χ4v) is 20.3. The summed E-state index contributed by atoms with van der Waals surface area (Å²) >= 11 is -3.14. The molecule has 0 aliphatic carbocycles. The van der Waals surface area contributed by atoms with Gasteiger partial charge in [-0.2, -0.15) is 0 Å². The van der Waals surface area contributed by atoms with Crippen LogP contribution in [0.5, 0.6) is 0 Å². The van der Waals surface area contributed by atoms with Crippen LogP contribution < -0.4 is 0 Å². The van der Waals surface area contributed by atoms with Gasteiger partial charge in [-0.15, -0.1) is 0 Å². The molecule has 0 atom stereocenters. The van der Waals surface area contributed by atoms with Crippen LogP contribution >= 0.6 is 0 Å². The first kappa shape index (κ1) is 24.2. The zero-order chi connectivity index (χ0) is 19.3. The number of rotatable bonds is 13. The van der Waals surface area contributed by atoms with E-state index in [9.17, 15) is 9.59 Å². The van der Waals surface area contributed by atoms with Gasteiger partial charge in [-0.25, -0.2) is 0 Å². The van der Waals surface area contributed by atoms with Gasteiger partial charge in [0.15, 0.2) is 0 Å². The molecule has 0 saturated carbocycles. The molecule has 0 aromatic rings. The third-order valence-corrected chi connectivity index (χ3v) is 20.4. The van der Waals surface area contributed by atoms with E-state index in [1.807, 2.05) is 0 Å². The van der Waals surface area contributed by atoms with Crippen molar-refractivity contribution in [2.24, 2.45) is 0 Å². The Morgan fingerprint density at radius 2 is 1.24 bits per heavy atom. The maximum absolute atomic E-state index is 12.8. The molecule has 0 unspecified atom stereocenters. The molecule has 0 N–H and O–H groups in total. The minimum absolute atomic E-state index is 0.341. The number of methoxy groups -OCH3 is 2. The van der Waals surface area contributed by atoms with Crippen molar-refractivity contribution in [3.05, 3.63) is 21.8 Å². The van der Waals surface area contributed by atoms with E-state index in [1.54, 1.807) is 0 Å². The van der Waals surface area contributed by atoms with Gasteiger partial charge in [0, 0.05) is 0 Å². The monoisotopic (exact) mass is 460 g/mol. The molecule has 144 valence electrons. The van der Waals surface area contributed by atoms with Crippen LogP contribution in [0.3, 0.4) is 0 Å². The molecule has 0 aromatic carbocycles. The van der Waals surface area contributed by atoms with Crippen LogP contribution in [-0.2, 0) is 19.1 Å². The second kappa shape index (κ2) is 13.4. The summed E-state index contributed by atoms with van der Waals surface area (Å²) in [6, 6.07) is 0. The summed E-state index contributed by atoms with van der Waals surface area (Å²) in [7, 11) is 2.75. The molecule has 0 saturated heterocycles. The fourth-order valence-electron chi connectivity index (χ4n) is 3.41. The fraction of sp³-hybridized carbons (Fsp3) is 0.700. The number of unbranched alkanes of at least 4 members (excludes halogenated alkanes) is 3. The van der Waals surface area contributed by atoms with Crippen molar-refractivity contribution < 1.29 is 19.1 Å². The number of hydrogen-bond donors (Lipinski definition) is 0. The van der Waals surface area contributed by atoms with Crippen LogP contribution in [0.2, 0.25) is 13.3 Å². The quantitative estimate of drug-likeness (QED) is 0.164. The van der Waals surface area contributed by atoms with Gasteiger partial charge in [-0.05, 0) is 0 Å². The Balaban J connectivity index is 6.43. The third-order valence-electron chi connectivity index (χ3n) is 4.83. The minimum atomic E-state index is -3.14. The van der Waals surface area contributed by atoms with Crippen LogP contribution in [0.1, 0.15) is 59.3 Å². The molecule has 0 aliphatic rings. The molecule has 0 radical (unpaired) electrons. The number of ether oxygens (including phenoxy) is 2. The van der Waals surface area contributed by atoms with E-state index in [1.165, 1.54) is 20.3 Å². The second-order valence-corrected chi connectivity index (χ2v) is 19.6. The number of carbonyl (C=O) groups excluding carboxylic acids is 2. The summed E-state index contributed by atoms with van der Waals surface area (Å²) in [5, 5.41) is 0. The van der Waals surface area contributed by atoms with Gasteiger partial charge in [-0.1, -0.05) is 0 Å². The molecule has 4 nitrogen and oxygen atoms in total. The molecule has 25 heavy (non-hydrogen) atoms. The van der Waals surface area contributed by atoms with Crippen molar-refractivity contribution in [3.63, 3.8) is 0 Å². The van der Waals surface area contributed by atoms with E-state index in [-0.39, 0.29) is 5.97 Å². The van der Waals surface area contributed by atoms with Crippen molar-refractivity contribution in [2.75, 3.05) is 14.2 Å². The zero-order valence-corrected chi connectivity index (χ0v) is 19.6.